The number of anilines is 1. The molecule has 0 saturated carbocycles. The Kier molecular flexibility index (Phi) is 7.91. The van der Waals surface area contributed by atoms with Crippen LogP contribution in [0.1, 0.15) is 57.0 Å². The minimum absolute atomic E-state index is 0.153. The zero-order valence-corrected chi connectivity index (χ0v) is 19.4. The van der Waals surface area contributed by atoms with Crippen LogP contribution in [0.5, 0.6) is 5.75 Å². The van der Waals surface area contributed by atoms with E-state index in [4.69, 9.17) is 9.47 Å². The lowest BCUT2D eigenvalue weighted by atomic mass is 10.1. The van der Waals surface area contributed by atoms with Crippen LogP contribution in [0.3, 0.4) is 0 Å². The van der Waals surface area contributed by atoms with Gasteiger partial charge in [0.05, 0.1) is 12.2 Å². The van der Waals surface area contributed by atoms with Gasteiger partial charge in [0.25, 0.3) is 0 Å². The van der Waals surface area contributed by atoms with Gasteiger partial charge in [0.1, 0.15) is 17.1 Å². The number of esters is 1. The fraction of sp³-hybridized carbons (Fsp3) is 0.520. The van der Waals surface area contributed by atoms with Crippen molar-refractivity contribution in [3.05, 3.63) is 53.7 Å². The molecule has 1 saturated heterocycles. The molecule has 2 aromatic rings. The molecule has 168 valence electrons. The lowest BCUT2D eigenvalue weighted by Gasteiger charge is -2.28. The standard InChI is InChI=1S/C25H35N3O3/c1-6-27(16-20-9-11-22(12-10-20)30-18(2)3)21-13-15-28(17-21)24-23(8-7-14-26-24)25(29)31-19(4)5/h7-12,14,18-19,21H,6,13,15-17H2,1-5H3. The molecule has 1 aliphatic heterocycles. The van der Waals surface area contributed by atoms with Gasteiger partial charge in [-0.1, -0.05) is 19.1 Å². The largest absolute Gasteiger partial charge is 0.491 e. The summed E-state index contributed by atoms with van der Waals surface area (Å²) in [4.78, 5) is 21.8. The molecule has 31 heavy (non-hydrogen) atoms. The van der Waals surface area contributed by atoms with E-state index in [2.05, 4.69) is 33.8 Å². The first-order valence-corrected chi connectivity index (χ1v) is 11.3. The summed E-state index contributed by atoms with van der Waals surface area (Å²) in [6.45, 7) is 13.6. The Morgan fingerprint density at radius 2 is 1.90 bits per heavy atom. The Labute approximate surface area is 186 Å². The number of hydrogen-bond donors (Lipinski definition) is 0. The van der Waals surface area contributed by atoms with Gasteiger partial charge >= 0.3 is 5.97 Å². The van der Waals surface area contributed by atoms with Gasteiger partial charge in [-0.05, 0) is 70.5 Å². The predicted octanol–water partition coefficient (Wildman–Crippen LogP) is 4.53. The van der Waals surface area contributed by atoms with Crippen LogP contribution in [0.4, 0.5) is 5.82 Å². The van der Waals surface area contributed by atoms with Gasteiger partial charge < -0.3 is 14.4 Å². The van der Waals surface area contributed by atoms with Crippen molar-refractivity contribution < 1.29 is 14.3 Å². The van der Waals surface area contributed by atoms with Gasteiger partial charge in [-0.15, -0.1) is 0 Å². The molecule has 0 amide bonds. The molecule has 6 heteroatoms. The van der Waals surface area contributed by atoms with E-state index in [9.17, 15) is 4.79 Å². The van der Waals surface area contributed by atoms with E-state index in [1.807, 2.05) is 39.8 Å². The van der Waals surface area contributed by atoms with Crippen LogP contribution in [0.15, 0.2) is 42.6 Å². The smallest absolute Gasteiger partial charge is 0.342 e. The average Bonchev–Trinajstić information content (AvgIpc) is 3.22. The Bertz CT molecular complexity index is 851. The Morgan fingerprint density at radius 3 is 2.55 bits per heavy atom. The summed E-state index contributed by atoms with van der Waals surface area (Å²) in [5.74, 6) is 1.32. The van der Waals surface area contributed by atoms with Gasteiger partial charge in [0, 0.05) is 31.9 Å². The van der Waals surface area contributed by atoms with E-state index in [1.165, 1.54) is 5.56 Å². The molecule has 1 aromatic carbocycles. The maximum atomic E-state index is 12.5. The Balaban J connectivity index is 1.66. The summed E-state index contributed by atoms with van der Waals surface area (Å²) in [6, 6.07) is 12.4. The van der Waals surface area contributed by atoms with E-state index < -0.39 is 0 Å². The van der Waals surface area contributed by atoms with Crippen LogP contribution in [0.25, 0.3) is 0 Å². The maximum absolute atomic E-state index is 12.5. The summed E-state index contributed by atoms with van der Waals surface area (Å²) in [5, 5.41) is 0. The van der Waals surface area contributed by atoms with Crippen LogP contribution in [-0.2, 0) is 11.3 Å². The van der Waals surface area contributed by atoms with Gasteiger partial charge in [0.2, 0.25) is 0 Å². The first kappa shape index (κ1) is 23.1. The highest BCUT2D eigenvalue weighted by molar-refractivity contribution is 5.94. The normalized spacial score (nSPS) is 16.4. The number of ether oxygens (including phenoxy) is 2. The van der Waals surface area contributed by atoms with E-state index in [0.717, 1.165) is 44.2 Å². The number of nitrogens with zero attached hydrogens (tertiary/aromatic N) is 3. The SMILES string of the molecule is CCN(Cc1ccc(OC(C)C)cc1)C1CCN(c2ncccc2C(=O)OC(C)C)C1. The van der Waals surface area contributed by atoms with Crippen molar-refractivity contribution in [2.75, 3.05) is 24.5 Å². The summed E-state index contributed by atoms with van der Waals surface area (Å²) in [6.07, 6.45) is 2.81. The second-order valence-corrected chi connectivity index (χ2v) is 8.59. The second-order valence-electron chi connectivity index (χ2n) is 8.59. The fourth-order valence-corrected chi connectivity index (χ4v) is 4.00. The molecule has 1 aromatic heterocycles. The monoisotopic (exact) mass is 425 g/mol. The molecular weight excluding hydrogens is 390 g/mol. The summed E-state index contributed by atoms with van der Waals surface area (Å²) in [5.41, 5.74) is 1.82. The first-order chi connectivity index (χ1) is 14.9. The molecular formula is C25H35N3O3. The number of carbonyl (C=O) groups excluding carboxylic acids is 1. The molecule has 2 heterocycles. The second kappa shape index (κ2) is 10.6. The maximum Gasteiger partial charge on any atom is 0.342 e. The molecule has 0 aliphatic carbocycles. The zero-order valence-electron chi connectivity index (χ0n) is 19.4. The van der Waals surface area contributed by atoms with Crippen molar-refractivity contribution in [2.24, 2.45) is 0 Å². The summed E-state index contributed by atoms with van der Waals surface area (Å²) < 4.78 is 11.2. The zero-order chi connectivity index (χ0) is 22.4. The molecule has 0 bridgehead atoms. The Hall–Kier alpha value is -2.60. The third-order valence-corrected chi connectivity index (χ3v) is 5.42. The van der Waals surface area contributed by atoms with Gasteiger partial charge in [0.15, 0.2) is 0 Å². The molecule has 1 fully saturated rings. The highest BCUT2D eigenvalue weighted by Crippen LogP contribution is 2.26. The average molecular weight is 426 g/mol. The van der Waals surface area contributed by atoms with E-state index in [1.54, 1.807) is 18.3 Å². The topological polar surface area (TPSA) is 54.9 Å². The van der Waals surface area contributed by atoms with Gasteiger partial charge in [-0.25, -0.2) is 9.78 Å². The van der Waals surface area contributed by atoms with E-state index in [0.29, 0.717) is 11.6 Å². The number of benzene rings is 1. The lowest BCUT2D eigenvalue weighted by Crippen LogP contribution is -2.37. The minimum Gasteiger partial charge on any atom is -0.491 e. The summed E-state index contributed by atoms with van der Waals surface area (Å²) in [7, 11) is 0. The van der Waals surface area contributed by atoms with Crippen LogP contribution >= 0.6 is 0 Å². The van der Waals surface area contributed by atoms with Crippen molar-refractivity contribution in [1.29, 1.82) is 0 Å². The van der Waals surface area contributed by atoms with Crippen molar-refractivity contribution in [2.45, 2.75) is 65.8 Å². The van der Waals surface area contributed by atoms with Crippen LogP contribution in [-0.4, -0.2) is 53.7 Å². The minimum atomic E-state index is -0.308. The number of carbonyl (C=O) groups is 1. The molecule has 0 radical (unpaired) electrons. The molecule has 3 rings (SSSR count). The van der Waals surface area contributed by atoms with Gasteiger partial charge in [-0.2, -0.15) is 0 Å². The van der Waals surface area contributed by atoms with E-state index >= 15 is 0 Å². The molecule has 0 N–H and O–H groups in total. The highest BCUT2D eigenvalue weighted by Gasteiger charge is 2.30. The van der Waals surface area contributed by atoms with Crippen LogP contribution in [0.2, 0.25) is 0 Å². The third kappa shape index (κ3) is 6.20. The quantitative estimate of drug-likeness (QED) is 0.550. The number of aromatic nitrogens is 1. The predicted molar refractivity (Wildman–Crippen MR) is 124 cm³/mol. The molecule has 0 spiro atoms. The van der Waals surface area contributed by atoms with Crippen LogP contribution < -0.4 is 9.64 Å². The summed E-state index contributed by atoms with van der Waals surface area (Å²) >= 11 is 0. The Morgan fingerprint density at radius 1 is 1.16 bits per heavy atom. The molecule has 1 aliphatic rings. The molecule has 1 atom stereocenters. The first-order valence-electron chi connectivity index (χ1n) is 11.3. The number of likely N-dealkylation sites (N-methyl/N-ethyl adjacent to an activating group) is 1. The van der Waals surface area contributed by atoms with Crippen molar-refractivity contribution >= 4 is 11.8 Å². The molecule has 1 unspecified atom stereocenters. The van der Waals surface area contributed by atoms with Crippen molar-refractivity contribution in [1.82, 2.24) is 9.88 Å². The van der Waals surface area contributed by atoms with E-state index in [-0.39, 0.29) is 18.2 Å². The number of rotatable bonds is 9. The number of hydrogen-bond acceptors (Lipinski definition) is 6. The van der Waals surface area contributed by atoms with Crippen molar-refractivity contribution in [3.8, 4) is 5.75 Å². The third-order valence-electron chi connectivity index (χ3n) is 5.42. The fourth-order valence-electron chi connectivity index (χ4n) is 4.00. The lowest BCUT2D eigenvalue weighted by molar-refractivity contribution is 0.0378. The number of pyridine rings is 1. The highest BCUT2D eigenvalue weighted by atomic mass is 16.5. The van der Waals surface area contributed by atoms with Crippen molar-refractivity contribution in [3.63, 3.8) is 0 Å². The molecule has 6 nitrogen and oxygen atoms in total. The van der Waals surface area contributed by atoms with Gasteiger partial charge in [-0.3, -0.25) is 4.90 Å². The van der Waals surface area contributed by atoms with Crippen LogP contribution in [0, 0.1) is 0 Å².